The second kappa shape index (κ2) is 7.26. The molecule has 0 bridgehead atoms. The molecule has 0 saturated carbocycles. The molecule has 0 aromatic heterocycles. The molecule has 1 atom stereocenters. The van der Waals surface area contributed by atoms with Gasteiger partial charge >= 0.3 is 6.09 Å². The van der Waals surface area contributed by atoms with E-state index in [1.54, 1.807) is 52.0 Å². The predicted molar refractivity (Wildman–Crippen MR) is 99.8 cm³/mol. The van der Waals surface area contributed by atoms with Crippen LogP contribution in [0.5, 0.6) is 0 Å². The number of amides is 2. The molecule has 0 aliphatic carbocycles. The molecule has 1 saturated heterocycles. The van der Waals surface area contributed by atoms with Crippen LogP contribution in [0.15, 0.2) is 24.3 Å². The van der Waals surface area contributed by atoms with E-state index in [1.807, 2.05) is 0 Å². The van der Waals surface area contributed by atoms with Gasteiger partial charge in [0, 0.05) is 5.69 Å². The highest BCUT2D eigenvalue weighted by atomic mass is 32.2. The van der Waals surface area contributed by atoms with Gasteiger partial charge in [0.25, 0.3) is 0 Å². The second-order valence-corrected chi connectivity index (χ2v) is 10.1. The monoisotopic (exact) mass is 382 g/mol. The third-order valence-corrected chi connectivity index (χ3v) is 5.81. The Morgan fingerprint density at radius 2 is 1.81 bits per heavy atom. The summed E-state index contributed by atoms with van der Waals surface area (Å²) in [5.74, 6) is -0.142. The largest absolute Gasteiger partial charge is 0.444 e. The van der Waals surface area contributed by atoms with E-state index in [0.29, 0.717) is 12.1 Å². The Labute approximate surface area is 154 Å². The fraction of sp³-hybridized carbons (Fsp3) is 0.556. The van der Waals surface area contributed by atoms with Crippen LogP contribution >= 0.6 is 0 Å². The standard InChI is InChI=1S/C18H26N2O5S/c1-17(2,3)25-16(22)19-14-7-5-13(6-8-14)11-15(21)20-18(4)9-10-26(23,24)12-18/h5-8H,9-12H2,1-4H3,(H,19,22)(H,20,21). The van der Waals surface area contributed by atoms with E-state index >= 15 is 0 Å². The number of anilines is 1. The van der Waals surface area contributed by atoms with Gasteiger partial charge in [-0.3, -0.25) is 10.1 Å². The molecule has 1 fully saturated rings. The van der Waals surface area contributed by atoms with Crippen molar-refractivity contribution in [2.45, 2.75) is 51.7 Å². The Kier molecular flexibility index (Phi) is 5.65. The fourth-order valence-corrected chi connectivity index (χ4v) is 4.90. The minimum Gasteiger partial charge on any atom is -0.444 e. The first kappa shape index (κ1) is 20.2. The van der Waals surface area contributed by atoms with Crippen LogP contribution in [0.4, 0.5) is 10.5 Å². The summed E-state index contributed by atoms with van der Waals surface area (Å²) in [5, 5.41) is 5.45. The lowest BCUT2D eigenvalue weighted by atomic mass is 10.0. The Morgan fingerprint density at radius 3 is 2.31 bits per heavy atom. The topological polar surface area (TPSA) is 102 Å². The molecule has 0 spiro atoms. The molecule has 1 aromatic rings. The highest BCUT2D eigenvalue weighted by Crippen LogP contribution is 2.23. The van der Waals surface area contributed by atoms with E-state index in [1.165, 1.54) is 0 Å². The molecule has 1 aliphatic rings. The average Bonchev–Trinajstić information content (AvgIpc) is 2.72. The first-order chi connectivity index (χ1) is 11.9. The summed E-state index contributed by atoms with van der Waals surface area (Å²) in [5.41, 5.74) is 0.0547. The van der Waals surface area contributed by atoms with Crippen molar-refractivity contribution in [3.63, 3.8) is 0 Å². The van der Waals surface area contributed by atoms with Crippen LogP contribution in [0.2, 0.25) is 0 Å². The van der Waals surface area contributed by atoms with Crippen molar-refractivity contribution in [2.75, 3.05) is 16.8 Å². The lowest BCUT2D eigenvalue weighted by Crippen LogP contribution is -2.47. The second-order valence-electron chi connectivity index (χ2n) is 7.95. The van der Waals surface area contributed by atoms with Gasteiger partial charge in [-0.15, -0.1) is 0 Å². The molecule has 1 heterocycles. The van der Waals surface area contributed by atoms with Crippen LogP contribution in [-0.2, 0) is 25.8 Å². The van der Waals surface area contributed by atoms with E-state index in [-0.39, 0.29) is 23.8 Å². The average molecular weight is 382 g/mol. The molecule has 2 rings (SSSR count). The van der Waals surface area contributed by atoms with Crippen molar-refractivity contribution in [3.05, 3.63) is 29.8 Å². The van der Waals surface area contributed by atoms with Crippen LogP contribution in [0.1, 0.15) is 39.7 Å². The molecule has 144 valence electrons. The third-order valence-electron chi connectivity index (χ3n) is 3.91. The molecule has 1 aromatic carbocycles. The summed E-state index contributed by atoms with van der Waals surface area (Å²) in [6.45, 7) is 7.10. The van der Waals surface area contributed by atoms with Crippen LogP contribution in [-0.4, -0.2) is 43.1 Å². The summed E-state index contributed by atoms with van der Waals surface area (Å²) in [4.78, 5) is 23.9. The molecule has 1 unspecified atom stereocenters. The van der Waals surface area contributed by atoms with E-state index in [9.17, 15) is 18.0 Å². The highest BCUT2D eigenvalue weighted by molar-refractivity contribution is 7.91. The van der Waals surface area contributed by atoms with E-state index < -0.39 is 27.1 Å². The van der Waals surface area contributed by atoms with Crippen LogP contribution < -0.4 is 10.6 Å². The number of nitrogens with one attached hydrogen (secondary N) is 2. The van der Waals surface area contributed by atoms with Gasteiger partial charge in [-0.25, -0.2) is 13.2 Å². The summed E-state index contributed by atoms with van der Waals surface area (Å²) in [6, 6.07) is 6.85. The molecule has 1 aliphatic heterocycles. The fourth-order valence-electron chi connectivity index (χ4n) is 2.80. The van der Waals surface area contributed by atoms with Crippen molar-refractivity contribution in [1.82, 2.24) is 5.32 Å². The Bertz CT molecular complexity index is 781. The van der Waals surface area contributed by atoms with E-state index in [0.717, 1.165) is 5.56 Å². The van der Waals surface area contributed by atoms with Gasteiger partial charge in [-0.1, -0.05) is 12.1 Å². The van der Waals surface area contributed by atoms with Crippen LogP contribution in [0.25, 0.3) is 0 Å². The maximum atomic E-state index is 12.2. The number of carbonyl (C=O) groups is 2. The summed E-state index contributed by atoms with van der Waals surface area (Å²) >= 11 is 0. The first-order valence-electron chi connectivity index (χ1n) is 8.46. The van der Waals surface area contributed by atoms with Gasteiger partial charge in [0.15, 0.2) is 9.84 Å². The number of rotatable bonds is 4. The van der Waals surface area contributed by atoms with Crippen molar-refractivity contribution in [1.29, 1.82) is 0 Å². The molecule has 2 amide bonds. The Hall–Kier alpha value is -2.09. The summed E-state index contributed by atoms with van der Waals surface area (Å²) < 4.78 is 28.4. The minimum atomic E-state index is -3.07. The molecule has 8 heteroatoms. The van der Waals surface area contributed by atoms with E-state index in [4.69, 9.17) is 4.74 Å². The molecule has 26 heavy (non-hydrogen) atoms. The number of benzene rings is 1. The molecule has 7 nitrogen and oxygen atoms in total. The third kappa shape index (κ3) is 6.33. The maximum absolute atomic E-state index is 12.2. The zero-order chi connectivity index (χ0) is 19.6. The number of carbonyl (C=O) groups excluding carboxylic acids is 2. The van der Waals surface area contributed by atoms with Crippen LogP contribution in [0.3, 0.4) is 0 Å². The van der Waals surface area contributed by atoms with Gasteiger partial charge in [-0.2, -0.15) is 0 Å². The first-order valence-corrected chi connectivity index (χ1v) is 10.3. The number of hydrogen-bond acceptors (Lipinski definition) is 5. The lowest BCUT2D eigenvalue weighted by Gasteiger charge is -2.24. The van der Waals surface area contributed by atoms with Gasteiger partial charge < -0.3 is 10.1 Å². The molecular formula is C18H26N2O5S. The predicted octanol–water partition coefficient (Wildman–Crippen LogP) is 2.27. The van der Waals surface area contributed by atoms with Gasteiger partial charge in [0.2, 0.25) is 5.91 Å². The van der Waals surface area contributed by atoms with Crippen molar-refractivity contribution < 1.29 is 22.7 Å². The van der Waals surface area contributed by atoms with Crippen molar-refractivity contribution in [3.8, 4) is 0 Å². The Morgan fingerprint density at radius 1 is 1.19 bits per heavy atom. The number of ether oxygens (including phenoxy) is 1. The quantitative estimate of drug-likeness (QED) is 0.832. The van der Waals surface area contributed by atoms with Crippen molar-refractivity contribution in [2.24, 2.45) is 0 Å². The van der Waals surface area contributed by atoms with Gasteiger partial charge in [-0.05, 0) is 51.8 Å². The van der Waals surface area contributed by atoms with E-state index in [2.05, 4.69) is 10.6 Å². The normalized spacial score (nSPS) is 21.8. The molecular weight excluding hydrogens is 356 g/mol. The van der Waals surface area contributed by atoms with Gasteiger partial charge in [0.05, 0.1) is 23.5 Å². The van der Waals surface area contributed by atoms with Crippen molar-refractivity contribution >= 4 is 27.5 Å². The zero-order valence-corrected chi connectivity index (χ0v) is 16.4. The number of sulfone groups is 1. The van der Waals surface area contributed by atoms with Gasteiger partial charge in [0.1, 0.15) is 5.60 Å². The summed E-state index contributed by atoms with van der Waals surface area (Å²) in [6.07, 6.45) is 0.0284. The zero-order valence-electron chi connectivity index (χ0n) is 15.6. The van der Waals surface area contributed by atoms with Crippen LogP contribution in [0, 0.1) is 0 Å². The minimum absolute atomic E-state index is 0.0233. The molecule has 0 radical (unpaired) electrons. The smallest absolute Gasteiger partial charge is 0.412 e. The highest BCUT2D eigenvalue weighted by Gasteiger charge is 2.39. The molecule has 2 N–H and O–H groups in total. The maximum Gasteiger partial charge on any atom is 0.412 e. The lowest BCUT2D eigenvalue weighted by molar-refractivity contribution is -0.121. The Balaban J connectivity index is 1.89. The SMILES string of the molecule is CC1(NC(=O)Cc2ccc(NC(=O)OC(C)(C)C)cc2)CCS(=O)(=O)C1. The number of hydrogen-bond donors (Lipinski definition) is 2. The summed E-state index contributed by atoms with van der Waals surface area (Å²) in [7, 11) is -3.07.